The standard InChI is InChI=1S/C16H25N3OS.HI/c1-3-17-16(19-12-15-13(2)7-11-21-15)18-8-4-14-5-9-20-10-6-14;/h5,7,11H,3-4,6,8-10,12H2,1-2H3,(H2,17,18,19);1H. The Balaban J connectivity index is 0.00000242. The summed E-state index contributed by atoms with van der Waals surface area (Å²) in [6, 6.07) is 2.15. The van der Waals surface area contributed by atoms with Gasteiger partial charge >= 0.3 is 0 Å². The molecule has 124 valence electrons. The van der Waals surface area contributed by atoms with Gasteiger partial charge in [-0.05, 0) is 43.7 Å². The second kappa shape index (κ2) is 11.0. The second-order valence-corrected chi connectivity index (χ2v) is 6.09. The first kappa shape index (κ1) is 19.4. The van der Waals surface area contributed by atoms with E-state index in [1.54, 1.807) is 11.3 Å². The second-order valence-electron chi connectivity index (χ2n) is 5.09. The van der Waals surface area contributed by atoms with Gasteiger partial charge in [0.1, 0.15) is 0 Å². The molecule has 4 nitrogen and oxygen atoms in total. The van der Waals surface area contributed by atoms with Crippen LogP contribution in [0.2, 0.25) is 0 Å². The van der Waals surface area contributed by atoms with Gasteiger partial charge in [-0.1, -0.05) is 11.6 Å². The summed E-state index contributed by atoms with van der Waals surface area (Å²) in [6.07, 6.45) is 4.32. The van der Waals surface area contributed by atoms with Crippen molar-refractivity contribution in [2.45, 2.75) is 33.2 Å². The Labute approximate surface area is 154 Å². The number of hydrogen-bond acceptors (Lipinski definition) is 3. The molecule has 0 saturated heterocycles. The third kappa shape index (κ3) is 6.66. The molecule has 1 aliphatic heterocycles. The van der Waals surface area contributed by atoms with Gasteiger partial charge in [-0.3, -0.25) is 0 Å². The average molecular weight is 435 g/mol. The van der Waals surface area contributed by atoms with Crippen LogP contribution in [0.1, 0.15) is 30.2 Å². The number of halogens is 1. The van der Waals surface area contributed by atoms with Gasteiger partial charge in [-0.2, -0.15) is 0 Å². The maximum atomic E-state index is 5.33. The van der Waals surface area contributed by atoms with E-state index in [0.717, 1.165) is 51.6 Å². The fraction of sp³-hybridized carbons (Fsp3) is 0.562. The lowest BCUT2D eigenvalue weighted by Crippen LogP contribution is -2.37. The number of aliphatic imine (C=N–C) groups is 1. The topological polar surface area (TPSA) is 45.7 Å². The van der Waals surface area contributed by atoms with Crippen molar-refractivity contribution in [2.24, 2.45) is 4.99 Å². The molecule has 0 saturated carbocycles. The van der Waals surface area contributed by atoms with Crippen molar-refractivity contribution in [1.82, 2.24) is 10.6 Å². The summed E-state index contributed by atoms with van der Waals surface area (Å²) in [5.41, 5.74) is 2.81. The fourth-order valence-corrected chi connectivity index (χ4v) is 3.02. The molecule has 1 aromatic heterocycles. The quantitative estimate of drug-likeness (QED) is 0.311. The van der Waals surface area contributed by atoms with Crippen molar-refractivity contribution in [3.05, 3.63) is 33.5 Å². The molecule has 0 radical (unpaired) electrons. The SMILES string of the molecule is CCNC(=NCc1sccc1C)NCCC1=CCOCC1.I. The summed E-state index contributed by atoms with van der Waals surface area (Å²) in [5, 5.41) is 8.84. The van der Waals surface area contributed by atoms with Crippen LogP contribution in [0.25, 0.3) is 0 Å². The number of guanidine groups is 1. The Hall–Kier alpha value is -0.600. The van der Waals surface area contributed by atoms with Gasteiger partial charge in [-0.25, -0.2) is 4.99 Å². The van der Waals surface area contributed by atoms with Crippen LogP contribution in [-0.2, 0) is 11.3 Å². The number of hydrogen-bond donors (Lipinski definition) is 2. The van der Waals surface area contributed by atoms with Crippen molar-refractivity contribution in [2.75, 3.05) is 26.3 Å². The normalized spacial score (nSPS) is 15.0. The molecule has 1 aromatic rings. The van der Waals surface area contributed by atoms with E-state index in [0.29, 0.717) is 0 Å². The molecule has 0 fully saturated rings. The highest BCUT2D eigenvalue weighted by atomic mass is 127. The molecule has 0 bridgehead atoms. The zero-order valence-corrected chi connectivity index (χ0v) is 16.5. The van der Waals surface area contributed by atoms with Gasteiger partial charge in [0.25, 0.3) is 0 Å². The van der Waals surface area contributed by atoms with Crippen molar-refractivity contribution in [3.8, 4) is 0 Å². The number of rotatable bonds is 6. The maximum absolute atomic E-state index is 5.33. The monoisotopic (exact) mass is 435 g/mol. The largest absolute Gasteiger partial charge is 0.377 e. The van der Waals surface area contributed by atoms with Crippen LogP contribution in [0, 0.1) is 6.92 Å². The number of aryl methyl sites for hydroxylation is 1. The highest BCUT2D eigenvalue weighted by Gasteiger charge is 2.04. The predicted octanol–water partition coefficient (Wildman–Crippen LogP) is 3.47. The van der Waals surface area contributed by atoms with Crippen LogP contribution in [0.4, 0.5) is 0 Å². The molecule has 2 heterocycles. The molecule has 22 heavy (non-hydrogen) atoms. The van der Waals surface area contributed by atoms with E-state index >= 15 is 0 Å². The van der Waals surface area contributed by atoms with Crippen molar-refractivity contribution >= 4 is 41.3 Å². The van der Waals surface area contributed by atoms with E-state index in [-0.39, 0.29) is 24.0 Å². The minimum absolute atomic E-state index is 0. The van der Waals surface area contributed by atoms with Crippen molar-refractivity contribution in [1.29, 1.82) is 0 Å². The van der Waals surface area contributed by atoms with Crippen LogP contribution in [0.3, 0.4) is 0 Å². The Bertz CT molecular complexity index is 499. The lowest BCUT2D eigenvalue weighted by molar-refractivity contribution is 0.153. The van der Waals surface area contributed by atoms with Crippen LogP contribution >= 0.6 is 35.3 Å². The van der Waals surface area contributed by atoms with Crippen molar-refractivity contribution < 1.29 is 4.74 Å². The van der Waals surface area contributed by atoms with Gasteiger partial charge in [0.15, 0.2) is 5.96 Å². The fourth-order valence-electron chi connectivity index (χ4n) is 2.19. The molecule has 0 unspecified atom stereocenters. The molecule has 0 aliphatic carbocycles. The Morgan fingerprint density at radius 3 is 2.91 bits per heavy atom. The highest BCUT2D eigenvalue weighted by Crippen LogP contribution is 2.16. The van der Waals surface area contributed by atoms with Gasteiger partial charge in [0.2, 0.25) is 0 Å². The van der Waals surface area contributed by atoms with E-state index in [4.69, 9.17) is 4.74 Å². The zero-order chi connectivity index (χ0) is 14.9. The number of nitrogens with zero attached hydrogens (tertiary/aromatic N) is 1. The lowest BCUT2D eigenvalue weighted by Gasteiger charge is -2.15. The van der Waals surface area contributed by atoms with Crippen LogP contribution < -0.4 is 10.6 Å². The third-order valence-electron chi connectivity index (χ3n) is 3.49. The smallest absolute Gasteiger partial charge is 0.191 e. The Morgan fingerprint density at radius 2 is 2.27 bits per heavy atom. The highest BCUT2D eigenvalue weighted by molar-refractivity contribution is 14.0. The van der Waals surface area contributed by atoms with E-state index in [9.17, 15) is 0 Å². The summed E-state index contributed by atoms with van der Waals surface area (Å²) in [6.45, 7) is 8.40. The van der Waals surface area contributed by atoms with Gasteiger partial charge in [0.05, 0.1) is 19.8 Å². The summed E-state index contributed by atoms with van der Waals surface area (Å²) < 4.78 is 5.33. The lowest BCUT2D eigenvalue weighted by atomic mass is 10.1. The number of ether oxygens (including phenoxy) is 1. The molecular weight excluding hydrogens is 409 g/mol. The molecule has 0 amide bonds. The Kier molecular flexibility index (Phi) is 9.74. The summed E-state index contributed by atoms with van der Waals surface area (Å²) in [5.74, 6) is 0.901. The van der Waals surface area contributed by atoms with Crippen LogP contribution in [0.5, 0.6) is 0 Å². The molecular formula is C16H26IN3OS. The molecule has 6 heteroatoms. The van der Waals surface area contributed by atoms with E-state index in [1.807, 2.05) is 0 Å². The van der Waals surface area contributed by atoms with Crippen LogP contribution in [0.15, 0.2) is 28.1 Å². The first-order valence-corrected chi connectivity index (χ1v) is 8.48. The first-order chi connectivity index (χ1) is 10.3. The Morgan fingerprint density at radius 1 is 1.41 bits per heavy atom. The average Bonchev–Trinajstić information content (AvgIpc) is 2.91. The molecule has 0 spiro atoms. The summed E-state index contributed by atoms with van der Waals surface area (Å²) >= 11 is 1.77. The maximum Gasteiger partial charge on any atom is 0.191 e. The van der Waals surface area contributed by atoms with E-state index in [2.05, 4.69) is 47.0 Å². The molecule has 1 aliphatic rings. The number of thiophene rings is 1. The van der Waals surface area contributed by atoms with Gasteiger partial charge in [0, 0.05) is 18.0 Å². The first-order valence-electron chi connectivity index (χ1n) is 7.60. The molecule has 0 aromatic carbocycles. The predicted molar refractivity (Wildman–Crippen MR) is 105 cm³/mol. The molecule has 0 atom stereocenters. The third-order valence-corrected chi connectivity index (χ3v) is 4.50. The molecule has 2 N–H and O–H groups in total. The summed E-state index contributed by atoms with van der Waals surface area (Å²) in [7, 11) is 0. The minimum Gasteiger partial charge on any atom is -0.377 e. The van der Waals surface area contributed by atoms with Crippen molar-refractivity contribution in [3.63, 3.8) is 0 Å². The minimum atomic E-state index is 0. The van der Waals surface area contributed by atoms with E-state index in [1.165, 1.54) is 16.0 Å². The summed E-state index contributed by atoms with van der Waals surface area (Å²) in [4.78, 5) is 5.99. The van der Waals surface area contributed by atoms with E-state index < -0.39 is 0 Å². The van der Waals surface area contributed by atoms with Gasteiger partial charge in [-0.15, -0.1) is 35.3 Å². The number of nitrogens with one attached hydrogen (secondary N) is 2. The zero-order valence-electron chi connectivity index (χ0n) is 13.4. The van der Waals surface area contributed by atoms with Crippen LogP contribution in [-0.4, -0.2) is 32.3 Å². The molecule has 2 rings (SSSR count). The van der Waals surface area contributed by atoms with Gasteiger partial charge < -0.3 is 15.4 Å².